The standard InChI is InChI=1S/C8H13NO2/c1-9(2)5-7-3-4-11-8(7)6-10/h3-4,10H,5-6H2,1-2H3. The Morgan fingerprint density at radius 3 is 2.82 bits per heavy atom. The van der Waals surface area contributed by atoms with Crippen LogP contribution in [-0.2, 0) is 13.2 Å². The molecule has 0 aliphatic heterocycles. The van der Waals surface area contributed by atoms with Crippen molar-refractivity contribution in [3.63, 3.8) is 0 Å². The third-order valence-electron chi connectivity index (χ3n) is 1.47. The minimum atomic E-state index is -0.0177. The maximum atomic E-state index is 8.81. The molecule has 3 heteroatoms. The smallest absolute Gasteiger partial charge is 0.133 e. The summed E-state index contributed by atoms with van der Waals surface area (Å²) in [4.78, 5) is 2.03. The normalized spacial score (nSPS) is 10.9. The first-order valence-electron chi connectivity index (χ1n) is 3.55. The predicted octanol–water partition coefficient (Wildman–Crippen LogP) is 0.833. The van der Waals surface area contributed by atoms with Crippen molar-refractivity contribution in [3.05, 3.63) is 23.7 Å². The van der Waals surface area contributed by atoms with Crippen molar-refractivity contribution in [1.82, 2.24) is 4.90 Å². The van der Waals surface area contributed by atoms with Gasteiger partial charge in [0.25, 0.3) is 0 Å². The van der Waals surface area contributed by atoms with Gasteiger partial charge in [0.2, 0.25) is 0 Å². The zero-order chi connectivity index (χ0) is 8.27. The molecule has 3 nitrogen and oxygen atoms in total. The van der Waals surface area contributed by atoms with Gasteiger partial charge < -0.3 is 14.4 Å². The molecule has 1 rings (SSSR count). The van der Waals surface area contributed by atoms with Crippen LogP contribution in [0.1, 0.15) is 11.3 Å². The third-order valence-corrected chi connectivity index (χ3v) is 1.47. The number of rotatable bonds is 3. The van der Waals surface area contributed by atoms with Crippen LogP contribution < -0.4 is 0 Å². The van der Waals surface area contributed by atoms with Crippen LogP contribution in [0.3, 0.4) is 0 Å². The largest absolute Gasteiger partial charge is 0.467 e. The van der Waals surface area contributed by atoms with E-state index in [4.69, 9.17) is 9.52 Å². The van der Waals surface area contributed by atoms with Gasteiger partial charge in [0, 0.05) is 12.1 Å². The highest BCUT2D eigenvalue weighted by Crippen LogP contribution is 2.11. The lowest BCUT2D eigenvalue weighted by atomic mass is 10.2. The van der Waals surface area contributed by atoms with Crippen molar-refractivity contribution in [2.45, 2.75) is 13.2 Å². The third kappa shape index (κ3) is 2.06. The Kier molecular flexibility index (Phi) is 2.68. The average Bonchev–Trinajstić information content (AvgIpc) is 2.34. The van der Waals surface area contributed by atoms with Crippen LogP contribution in [0.4, 0.5) is 0 Å². The maximum Gasteiger partial charge on any atom is 0.133 e. The molecule has 0 radical (unpaired) electrons. The number of nitrogens with zero attached hydrogens (tertiary/aromatic N) is 1. The zero-order valence-corrected chi connectivity index (χ0v) is 6.87. The average molecular weight is 155 g/mol. The van der Waals surface area contributed by atoms with Crippen LogP contribution in [0.5, 0.6) is 0 Å². The first kappa shape index (κ1) is 8.30. The molecule has 1 aromatic rings. The Labute approximate surface area is 66.2 Å². The van der Waals surface area contributed by atoms with Crippen LogP contribution in [0.15, 0.2) is 16.7 Å². The van der Waals surface area contributed by atoms with Crippen LogP contribution in [0.25, 0.3) is 0 Å². The highest BCUT2D eigenvalue weighted by Gasteiger charge is 2.04. The van der Waals surface area contributed by atoms with Gasteiger partial charge in [0.1, 0.15) is 12.4 Å². The summed E-state index contributed by atoms with van der Waals surface area (Å²) in [5, 5.41) is 8.81. The van der Waals surface area contributed by atoms with E-state index in [1.807, 2.05) is 25.1 Å². The summed E-state index contributed by atoms with van der Waals surface area (Å²) in [6.45, 7) is 0.794. The van der Waals surface area contributed by atoms with Gasteiger partial charge in [-0.2, -0.15) is 0 Å². The van der Waals surface area contributed by atoms with Gasteiger partial charge in [-0.25, -0.2) is 0 Å². The van der Waals surface area contributed by atoms with E-state index in [0.717, 1.165) is 12.1 Å². The van der Waals surface area contributed by atoms with Crippen LogP contribution >= 0.6 is 0 Å². The lowest BCUT2D eigenvalue weighted by molar-refractivity contribution is 0.243. The Balaban J connectivity index is 2.68. The predicted molar refractivity (Wildman–Crippen MR) is 42.0 cm³/mol. The number of aliphatic hydroxyl groups is 1. The van der Waals surface area contributed by atoms with E-state index in [9.17, 15) is 0 Å². The molecule has 0 spiro atoms. The molecular formula is C8H13NO2. The summed E-state index contributed by atoms with van der Waals surface area (Å²) in [6.07, 6.45) is 1.60. The Bertz CT molecular complexity index is 218. The van der Waals surface area contributed by atoms with Gasteiger partial charge in [-0.1, -0.05) is 0 Å². The number of furan rings is 1. The Morgan fingerprint density at radius 2 is 2.27 bits per heavy atom. The van der Waals surface area contributed by atoms with Gasteiger partial charge in [0.05, 0.1) is 6.26 Å². The molecule has 0 saturated carbocycles. The molecule has 0 unspecified atom stereocenters. The van der Waals surface area contributed by atoms with E-state index in [-0.39, 0.29) is 6.61 Å². The fraction of sp³-hybridized carbons (Fsp3) is 0.500. The SMILES string of the molecule is CN(C)Cc1ccoc1CO. The fourth-order valence-electron chi connectivity index (χ4n) is 0.987. The molecule has 1 heterocycles. The van der Waals surface area contributed by atoms with E-state index >= 15 is 0 Å². The number of hydrogen-bond donors (Lipinski definition) is 1. The van der Waals surface area contributed by atoms with Crippen molar-refractivity contribution in [3.8, 4) is 0 Å². The summed E-state index contributed by atoms with van der Waals surface area (Å²) in [5.74, 6) is 0.665. The molecule has 0 bridgehead atoms. The Hall–Kier alpha value is -0.800. The zero-order valence-electron chi connectivity index (χ0n) is 6.87. The van der Waals surface area contributed by atoms with E-state index in [1.54, 1.807) is 6.26 Å². The highest BCUT2D eigenvalue weighted by atomic mass is 16.4. The topological polar surface area (TPSA) is 36.6 Å². The number of hydrogen-bond acceptors (Lipinski definition) is 3. The molecule has 1 N–H and O–H groups in total. The molecule has 1 aromatic heterocycles. The van der Waals surface area contributed by atoms with Crippen molar-refractivity contribution in [2.24, 2.45) is 0 Å². The fourth-order valence-corrected chi connectivity index (χ4v) is 0.987. The van der Waals surface area contributed by atoms with Crippen molar-refractivity contribution in [2.75, 3.05) is 14.1 Å². The number of aliphatic hydroxyl groups excluding tert-OH is 1. The molecule has 0 amide bonds. The second kappa shape index (κ2) is 3.55. The highest BCUT2D eigenvalue weighted by molar-refractivity contribution is 5.15. The monoisotopic (exact) mass is 155 g/mol. The van der Waals surface area contributed by atoms with Crippen LogP contribution in [0, 0.1) is 0 Å². The van der Waals surface area contributed by atoms with Crippen molar-refractivity contribution < 1.29 is 9.52 Å². The molecule has 0 aliphatic rings. The summed E-state index contributed by atoms with van der Waals surface area (Å²) in [5.41, 5.74) is 1.05. The van der Waals surface area contributed by atoms with Gasteiger partial charge in [0.15, 0.2) is 0 Å². The Morgan fingerprint density at radius 1 is 1.55 bits per heavy atom. The molecule has 0 fully saturated rings. The molecule has 0 aliphatic carbocycles. The first-order valence-corrected chi connectivity index (χ1v) is 3.55. The van der Waals surface area contributed by atoms with E-state index in [1.165, 1.54) is 0 Å². The molecule has 0 aromatic carbocycles. The molecule has 0 saturated heterocycles. The molecule has 62 valence electrons. The lowest BCUT2D eigenvalue weighted by Gasteiger charge is -2.07. The van der Waals surface area contributed by atoms with E-state index < -0.39 is 0 Å². The van der Waals surface area contributed by atoms with Crippen LogP contribution in [-0.4, -0.2) is 24.1 Å². The summed E-state index contributed by atoms with van der Waals surface area (Å²) in [7, 11) is 3.96. The lowest BCUT2D eigenvalue weighted by Crippen LogP contribution is -2.11. The first-order chi connectivity index (χ1) is 5.24. The van der Waals surface area contributed by atoms with Gasteiger partial charge in [-0.05, 0) is 20.2 Å². The minimum absolute atomic E-state index is 0.0177. The summed E-state index contributed by atoms with van der Waals surface area (Å²) >= 11 is 0. The maximum absolute atomic E-state index is 8.81. The second-order valence-corrected chi connectivity index (χ2v) is 2.76. The van der Waals surface area contributed by atoms with Gasteiger partial charge >= 0.3 is 0 Å². The minimum Gasteiger partial charge on any atom is -0.467 e. The molecule has 11 heavy (non-hydrogen) atoms. The van der Waals surface area contributed by atoms with Crippen molar-refractivity contribution >= 4 is 0 Å². The quantitative estimate of drug-likeness (QED) is 0.702. The molecular weight excluding hydrogens is 142 g/mol. The van der Waals surface area contributed by atoms with Gasteiger partial charge in [-0.15, -0.1) is 0 Å². The summed E-state index contributed by atoms with van der Waals surface area (Å²) in [6, 6.07) is 1.88. The molecule has 0 atom stereocenters. The van der Waals surface area contributed by atoms with Gasteiger partial charge in [-0.3, -0.25) is 0 Å². The van der Waals surface area contributed by atoms with E-state index in [2.05, 4.69) is 0 Å². The van der Waals surface area contributed by atoms with E-state index in [0.29, 0.717) is 5.76 Å². The summed E-state index contributed by atoms with van der Waals surface area (Å²) < 4.78 is 5.04. The van der Waals surface area contributed by atoms with Crippen molar-refractivity contribution in [1.29, 1.82) is 0 Å². The second-order valence-electron chi connectivity index (χ2n) is 2.76. The van der Waals surface area contributed by atoms with Crippen LogP contribution in [0.2, 0.25) is 0 Å².